The molecule has 1 aliphatic carbocycles. The Balaban J connectivity index is 1.44. The van der Waals surface area contributed by atoms with Gasteiger partial charge in [0.05, 0.1) is 0 Å². The van der Waals surface area contributed by atoms with Gasteiger partial charge in [-0.25, -0.2) is 4.79 Å². The number of nitrogens with one attached hydrogen (secondary N) is 2. The number of hydrogen-bond acceptors (Lipinski definition) is 2. The normalized spacial score (nSPS) is 22.2. The van der Waals surface area contributed by atoms with Gasteiger partial charge in [0, 0.05) is 37.2 Å². The highest BCUT2D eigenvalue weighted by Crippen LogP contribution is 2.24. The average Bonchev–Trinajstić information content (AvgIpc) is 2.96. The van der Waals surface area contributed by atoms with Crippen molar-refractivity contribution in [2.24, 2.45) is 5.92 Å². The number of benzene rings is 1. The van der Waals surface area contributed by atoms with Gasteiger partial charge >= 0.3 is 6.03 Å². The minimum absolute atomic E-state index is 0.0949. The van der Waals surface area contributed by atoms with E-state index in [2.05, 4.69) is 10.6 Å². The Hall–Kier alpha value is -2.04. The Morgan fingerprint density at radius 3 is 2.61 bits per heavy atom. The first-order valence-electron chi connectivity index (χ1n) is 8.62. The number of anilines is 1. The number of amides is 3. The van der Waals surface area contributed by atoms with E-state index in [1.54, 1.807) is 0 Å². The van der Waals surface area contributed by atoms with Gasteiger partial charge in [-0.2, -0.15) is 0 Å². The van der Waals surface area contributed by atoms with E-state index >= 15 is 0 Å². The summed E-state index contributed by atoms with van der Waals surface area (Å²) in [5, 5.41) is 5.98. The van der Waals surface area contributed by atoms with Crippen LogP contribution in [0, 0.1) is 5.92 Å². The van der Waals surface area contributed by atoms with Crippen molar-refractivity contribution in [1.29, 1.82) is 0 Å². The molecule has 2 N–H and O–H groups in total. The van der Waals surface area contributed by atoms with E-state index in [0.717, 1.165) is 18.5 Å². The molecule has 3 amide bonds. The molecule has 1 aromatic rings. The molecule has 0 radical (unpaired) electrons. The third kappa shape index (κ3) is 4.24. The number of carbonyl (C=O) groups is 2. The van der Waals surface area contributed by atoms with Crippen LogP contribution in [0.1, 0.15) is 38.5 Å². The molecule has 0 aromatic heterocycles. The fourth-order valence-electron chi connectivity index (χ4n) is 3.50. The van der Waals surface area contributed by atoms with Gasteiger partial charge in [0.15, 0.2) is 0 Å². The van der Waals surface area contributed by atoms with Crippen LogP contribution in [-0.2, 0) is 4.79 Å². The van der Waals surface area contributed by atoms with E-state index in [1.165, 1.54) is 19.3 Å². The Bertz CT molecular complexity index is 540. The number of nitrogens with zero attached hydrogens (tertiary/aromatic N) is 1. The molecule has 1 saturated heterocycles. The smallest absolute Gasteiger partial charge is 0.315 e. The van der Waals surface area contributed by atoms with Crippen LogP contribution in [0.5, 0.6) is 0 Å². The largest absolute Gasteiger partial charge is 0.338 e. The van der Waals surface area contributed by atoms with Crippen molar-refractivity contribution in [2.45, 2.75) is 44.6 Å². The molecule has 3 rings (SSSR count). The molecule has 2 fully saturated rings. The molecular formula is C18H25N3O2. The summed E-state index contributed by atoms with van der Waals surface area (Å²) >= 11 is 0. The Morgan fingerprint density at radius 2 is 1.87 bits per heavy atom. The third-order valence-corrected chi connectivity index (χ3v) is 4.76. The number of carbonyl (C=O) groups excluding carboxylic acids is 2. The van der Waals surface area contributed by atoms with E-state index < -0.39 is 0 Å². The second kappa shape index (κ2) is 7.49. The topological polar surface area (TPSA) is 61.4 Å². The van der Waals surface area contributed by atoms with Gasteiger partial charge in [-0.05, 0) is 25.0 Å². The summed E-state index contributed by atoms with van der Waals surface area (Å²) in [7, 11) is 0. The van der Waals surface area contributed by atoms with Crippen molar-refractivity contribution in [2.75, 3.05) is 18.0 Å². The predicted octanol–water partition coefficient (Wildman–Crippen LogP) is 2.67. The zero-order valence-corrected chi connectivity index (χ0v) is 13.5. The van der Waals surface area contributed by atoms with Gasteiger partial charge in [-0.15, -0.1) is 0 Å². The average molecular weight is 315 g/mol. The van der Waals surface area contributed by atoms with Gasteiger partial charge < -0.3 is 15.5 Å². The lowest BCUT2D eigenvalue weighted by Crippen LogP contribution is -2.44. The third-order valence-electron chi connectivity index (χ3n) is 4.76. The van der Waals surface area contributed by atoms with Crippen LogP contribution < -0.4 is 15.5 Å². The van der Waals surface area contributed by atoms with Gasteiger partial charge in [0.1, 0.15) is 0 Å². The lowest BCUT2D eigenvalue weighted by atomic mass is 9.96. The molecule has 1 atom stereocenters. The van der Waals surface area contributed by atoms with Crippen LogP contribution in [0.3, 0.4) is 0 Å². The molecule has 1 saturated carbocycles. The van der Waals surface area contributed by atoms with Crippen LogP contribution in [0.25, 0.3) is 0 Å². The fraction of sp³-hybridized carbons (Fsp3) is 0.556. The van der Waals surface area contributed by atoms with E-state index in [-0.39, 0.29) is 17.9 Å². The Labute approximate surface area is 137 Å². The first kappa shape index (κ1) is 15.8. The molecular weight excluding hydrogens is 290 g/mol. The van der Waals surface area contributed by atoms with Crippen molar-refractivity contribution in [3.63, 3.8) is 0 Å². The van der Waals surface area contributed by atoms with Crippen molar-refractivity contribution in [1.82, 2.24) is 10.6 Å². The first-order valence-corrected chi connectivity index (χ1v) is 8.62. The first-order chi connectivity index (χ1) is 11.2. The maximum atomic E-state index is 12.1. The van der Waals surface area contributed by atoms with Crippen LogP contribution in [-0.4, -0.2) is 31.1 Å². The van der Waals surface area contributed by atoms with E-state index in [1.807, 2.05) is 35.2 Å². The van der Waals surface area contributed by atoms with Crippen LogP contribution in [0.4, 0.5) is 10.5 Å². The standard InChI is InChI=1S/C18H25N3O2/c22-17-11-14(13-21(17)16-9-5-2-6-10-16)12-19-18(23)20-15-7-3-1-4-8-15/h2,5-6,9-10,14-15H,1,3-4,7-8,11-13H2,(H2,19,20,23). The second-order valence-electron chi connectivity index (χ2n) is 6.60. The molecule has 23 heavy (non-hydrogen) atoms. The maximum Gasteiger partial charge on any atom is 0.315 e. The Morgan fingerprint density at radius 1 is 1.13 bits per heavy atom. The second-order valence-corrected chi connectivity index (χ2v) is 6.60. The quantitative estimate of drug-likeness (QED) is 0.897. The van der Waals surface area contributed by atoms with Crippen molar-refractivity contribution < 1.29 is 9.59 Å². The molecule has 2 aliphatic rings. The minimum Gasteiger partial charge on any atom is -0.338 e. The molecule has 0 spiro atoms. The number of para-hydroxylation sites is 1. The van der Waals surface area contributed by atoms with Gasteiger partial charge in [0.25, 0.3) is 0 Å². The van der Waals surface area contributed by atoms with Crippen LogP contribution in [0.2, 0.25) is 0 Å². The fourth-order valence-corrected chi connectivity index (χ4v) is 3.50. The number of hydrogen-bond donors (Lipinski definition) is 2. The lowest BCUT2D eigenvalue weighted by molar-refractivity contribution is -0.117. The van der Waals surface area contributed by atoms with Gasteiger partial charge in [-0.1, -0.05) is 37.5 Å². The minimum atomic E-state index is -0.0949. The number of rotatable bonds is 4. The van der Waals surface area contributed by atoms with E-state index in [9.17, 15) is 9.59 Å². The van der Waals surface area contributed by atoms with Crippen molar-refractivity contribution in [3.05, 3.63) is 30.3 Å². The van der Waals surface area contributed by atoms with Crippen LogP contribution >= 0.6 is 0 Å². The van der Waals surface area contributed by atoms with Gasteiger partial charge in [0.2, 0.25) is 5.91 Å². The summed E-state index contributed by atoms with van der Waals surface area (Å²) in [6.07, 6.45) is 6.34. The van der Waals surface area contributed by atoms with E-state index in [4.69, 9.17) is 0 Å². The van der Waals surface area contributed by atoms with Crippen molar-refractivity contribution in [3.8, 4) is 0 Å². The van der Waals surface area contributed by atoms with Gasteiger partial charge in [-0.3, -0.25) is 4.79 Å². The molecule has 1 heterocycles. The number of urea groups is 1. The molecule has 1 aliphatic heterocycles. The molecule has 1 aromatic carbocycles. The zero-order valence-electron chi connectivity index (χ0n) is 13.5. The zero-order chi connectivity index (χ0) is 16.1. The summed E-state index contributed by atoms with van der Waals surface area (Å²) in [4.78, 5) is 25.9. The summed E-state index contributed by atoms with van der Waals surface area (Å²) in [5.74, 6) is 0.315. The summed E-state index contributed by atoms with van der Waals surface area (Å²) in [6, 6.07) is 9.93. The molecule has 0 bridgehead atoms. The summed E-state index contributed by atoms with van der Waals surface area (Å²) in [5.41, 5.74) is 0.937. The maximum absolute atomic E-state index is 12.1. The Kier molecular flexibility index (Phi) is 5.16. The monoisotopic (exact) mass is 315 g/mol. The molecule has 5 nitrogen and oxygen atoms in total. The highest BCUT2D eigenvalue weighted by molar-refractivity contribution is 5.95. The summed E-state index contributed by atoms with van der Waals surface area (Å²) in [6.45, 7) is 1.22. The van der Waals surface area contributed by atoms with Crippen molar-refractivity contribution >= 4 is 17.6 Å². The van der Waals surface area contributed by atoms with Crippen LogP contribution in [0.15, 0.2) is 30.3 Å². The highest BCUT2D eigenvalue weighted by atomic mass is 16.2. The lowest BCUT2D eigenvalue weighted by Gasteiger charge is -2.23. The molecule has 1 unspecified atom stereocenters. The molecule has 5 heteroatoms. The van der Waals surface area contributed by atoms with E-state index in [0.29, 0.717) is 25.6 Å². The SMILES string of the molecule is O=C(NCC1CC(=O)N(c2ccccc2)C1)NC1CCCCC1. The molecule has 124 valence electrons. The summed E-state index contributed by atoms with van der Waals surface area (Å²) < 4.78 is 0. The highest BCUT2D eigenvalue weighted by Gasteiger charge is 2.30. The predicted molar refractivity (Wildman–Crippen MR) is 90.3 cm³/mol.